The summed E-state index contributed by atoms with van der Waals surface area (Å²) in [7, 11) is 0. The molecule has 0 saturated heterocycles. The minimum atomic E-state index is -4.23. The number of imidazole rings is 1. The highest BCUT2D eigenvalue weighted by Crippen LogP contribution is 2.26. The van der Waals surface area contributed by atoms with Gasteiger partial charge < -0.3 is 10.7 Å². The Labute approximate surface area is 66.8 Å². The number of nitrogens with zero attached hydrogens (tertiary/aromatic N) is 1. The highest BCUT2D eigenvalue weighted by atomic mass is 19.4. The van der Waals surface area contributed by atoms with Crippen molar-refractivity contribution in [3.05, 3.63) is 18.2 Å². The predicted molar refractivity (Wildman–Crippen MR) is 36.2 cm³/mol. The molecule has 0 saturated carbocycles. The predicted octanol–water partition coefficient (Wildman–Crippen LogP) is 1.36. The average molecular weight is 179 g/mol. The van der Waals surface area contributed by atoms with E-state index in [4.69, 9.17) is 5.73 Å². The van der Waals surface area contributed by atoms with Crippen molar-refractivity contribution in [1.29, 1.82) is 0 Å². The second kappa shape index (κ2) is 3.14. The molecule has 0 fully saturated rings. The highest BCUT2D eigenvalue weighted by molar-refractivity contribution is 5.01. The van der Waals surface area contributed by atoms with Crippen LogP contribution in [0.4, 0.5) is 13.2 Å². The molecular formula is C6H8F3N3. The van der Waals surface area contributed by atoms with E-state index >= 15 is 0 Å². The lowest BCUT2D eigenvalue weighted by Gasteiger charge is -2.11. The Balaban J connectivity index is 2.56. The van der Waals surface area contributed by atoms with E-state index in [0.717, 1.165) is 0 Å². The lowest BCUT2D eigenvalue weighted by Crippen LogP contribution is -2.20. The highest BCUT2D eigenvalue weighted by Gasteiger charge is 2.31. The summed E-state index contributed by atoms with van der Waals surface area (Å²) in [6, 6.07) is -1.05. The van der Waals surface area contributed by atoms with Gasteiger partial charge in [0.2, 0.25) is 0 Å². The van der Waals surface area contributed by atoms with Crippen LogP contribution in [0.25, 0.3) is 0 Å². The van der Waals surface area contributed by atoms with E-state index in [9.17, 15) is 13.2 Å². The van der Waals surface area contributed by atoms with Gasteiger partial charge in [0, 0.05) is 6.20 Å². The lowest BCUT2D eigenvalue weighted by molar-refractivity contribution is -0.138. The Morgan fingerprint density at radius 3 is 2.67 bits per heavy atom. The Morgan fingerprint density at radius 2 is 2.25 bits per heavy atom. The molecule has 1 heterocycles. The van der Waals surface area contributed by atoms with E-state index in [1.54, 1.807) is 0 Å². The summed E-state index contributed by atoms with van der Waals surface area (Å²) in [6.07, 6.45) is -2.68. The molecule has 0 aliphatic rings. The van der Waals surface area contributed by atoms with E-state index in [-0.39, 0.29) is 0 Å². The van der Waals surface area contributed by atoms with Crippen LogP contribution in [0, 0.1) is 0 Å². The molecule has 1 atom stereocenters. The molecule has 0 amide bonds. The molecule has 68 valence electrons. The SMILES string of the molecule is NC(CC(F)(F)F)c1cnc[nH]1. The van der Waals surface area contributed by atoms with Gasteiger partial charge >= 0.3 is 6.18 Å². The zero-order chi connectivity index (χ0) is 9.19. The van der Waals surface area contributed by atoms with Gasteiger partial charge in [0.15, 0.2) is 0 Å². The number of rotatable bonds is 2. The number of hydrogen-bond donors (Lipinski definition) is 2. The minimum Gasteiger partial charge on any atom is -0.347 e. The summed E-state index contributed by atoms with van der Waals surface area (Å²) in [5, 5.41) is 0. The second-order valence-corrected chi connectivity index (χ2v) is 2.43. The van der Waals surface area contributed by atoms with Crippen LogP contribution in [0.1, 0.15) is 18.2 Å². The van der Waals surface area contributed by atoms with Crippen molar-refractivity contribution in [2.24, 2.45) is 5.73 Å². The number of aromatic nitrogens is 2. The Morgan fingerprint density at radius 1 is 1.58 bits per heavy atom. The molecule has 3 nitrogen and oxygen atoms in total. The number of hydrogen-bond acceptors (Lipinski definition) is 2. The van der Waals surface area contributed by atoms with Crippen molar-refractivity contribution in [3.63, 3.8) is 0 Å². The fourth-order valence-corrected chi connectivity index (χ4v) is 0.829. The van der Waals surface area contributed by atoms with Crippen LogP contribution < -0.4 is 5.73 Å². The molecule has 0 aromatic carbocycles. The average Bonchev–Trinajstić information content (AvgIpc) is 2.32. The van der Waals surface area contributed by atoms with E-state index < -0.39 is 18.6 Å². The van der Waals surface area contributed by atoms with Crippen molar-refractivity contribution in [2.75, 3.05) is 0 Å². The van der Waals surface area contributed by atoms with Crippen LogP contribution in [0.2, 0.25) is 0 Å². The Kier molecular flexibility index (Phi) is 2.37. The smallest absolute Gasteiger partial charge is 0.347 e. The lowest BCUT2D eigenvalue weighted by atomic mass is 10.1. The van der Waals surface area contributed by atoms with Gasteiger partial charge in [0.25, 0.3) is 0 Å². The zero-order valence-electron chi connectivity index (χ0n) is 6.10. The molecule has 3 N–H and O–H groups in total. The maximum Gasteiger partial charge on any atom is 0.390 e. The monoisotopic (exact) mass is 179 g/mol. The van der Waals surface area contributed by atoms with Crippen LogP contribution in [0.5, 0.6) is 0 Å². The molecule has 0 bridgehead atoms. The summed E-state index contributed by atoms with van der Waals surface area (Å²) in [5.74, 6) is 0. The molecular weight excluding hydrogens is 171 g/mol. The molecule has 12 heavy (non-hydrogen) atoms. The van der Waals surface area contributed by atoms with Gasteiger partial charge in [-0.3, -0.25) is 0 Å². The summed E-state index contributed by atoms with van der Waals surface area (Å²) in [6.45, 7) is 0. The van der Waals surface area contributed by atoms with Crippen molar-refractivity contribution in [2.45, 2.75) is 18.6 Å². The second-order valence-electron chi connectivity index (χ2n) is 2.43. The molecule has 1 unspecified atom stereocenters. The standard InChI is InChI=1S/C6H8F3N3/c7-6(8,9)1-4(10)5-2-11-3-12-5/h2-4H,1,10H2,(H,11,12). The van der Waals surface area contributed by atoms with Gasteiger partial charge in [-0.25, -0.2) is 4.98 Å². The van der Waals surface area contributed by atoms with Gasteiger partial charge in [-0.1, -0.05) is 0 Å². The maximum absolute atomic E-state index is 11.8. The Hall–Kier alpha value is -1.04. The van der Waals surface area contributed by atoms with E-state index in [2.05, 4.69) is 9.97 Å². The summed E-state index contributed by atoms with van der Waals surface area (Å²) >= 11 is 0. The number of aromatic amines is 1. The van der Waals surface area contributed by atoms with Gasteiger partial charge in [0.05, 0.1) is 24.5 Å². The van der Waals surface area contributed by atoms with Crippen molar-refractivity contribution >= 4 is 0 Å². The van der Waals surface area contributed by atoms with Crippen LogP contribution in [-0.4, -0.2) is 16.1 Å². The van der Waals surface area contributed by atoms with Crippen molar-refractivity contribution in [3.8, 4) is 0 Å². The fraction of sp³-hybridized carbons (Fsp3) is 0.500. The Bertz CT molecular complexity index is 229. The number of halogens is 3. The number of alkyl halides is 3. The van der Waals surface area contributed by atoms with Gasteiger partial charge in [-0.15, -0.1) is 0 Å². The van der Waals surface area contributed by atoms with Gasteiger partial charge in [-0.05, 0) is 0 Å². The molecule has 0 aliphatic heterocycles. The molecule has 1 aromatic rings. The summed E-state index contributed by atoms with van der Waals surface area (Å²) < 4.78 is 35.4. The maximum atomic E-state index is 11.8. The molecule has 0 radical (unpaired) electrons. The van der Waals surface area contributed by atoms with Gasteiger partial charge in [0.1, 0.15) is 0 Å². The summed E-state index contributed by atoms with van der Waals surface area (Å²) in [4.78, 5) is 6.09. The van der Waals surface area contributed by atoms with Crippen LogP contribution in [0.15, 0.2) is 12.5 Å². The molecule has 1 rings (SSSR count). The van der Waals surface area contributed by atoms with Gasteiger partial charge in [-0.2, -0.15) is 13.2 Å². The minimum absolute atomic E-state index is 0.298. The van der Waals surface area contributed by atoms with Crippen molar-refractivity contribution in [1.82, 2.24) is 9.97 Å². The molecule has 0 aliphatic carbocycles. The third-order valence-electron chi connectivity index (χ3n) is 1.37. The molecule has 6 heteroatoms. The largest absolute Gasteiger partial charge is 0.390 e. The third kappa shape index (κ3) is 2.54. The first-order valence-electron chi connectivity index (χ1n) is 3.29. The van der Waals surface area contributed by atoms with E-state index in [1.165, 1.54) is 12.5 Å². The van der Waals surface area contributed by atoms with Crippen molar-refractivity contribution < 1.29 is 13.2 Å². The first-order chi connectivity index (χ1) is 5.49. The number of nitrogens with two attached hydrogens (primary N) is 1. The first-order valence-corrected chi connectivity index (χ1v) is 3.29. The van der Waals surface area contributed by atoms with Crippen LogP contribution in [-0.2, 0) is 0 Å². The van der Waals surface area contributed by atoms with Crippen LogP contribution in [0.3, 0.4) is 0 Å². The first kappa shape index (κ1) is 9.05. The normalized spacial score (nSPS) is 14.7. The quantitative estimate of drug-likeness (QED) is 0.720. The molecule has 0 spiro atoms. The number of H-pyrrole nitrogens is 1. The fourth-order valence-electron chi connectivity index (χ4n) is 0.829. The zero-order valence-corrected chi connectivity index (χ0v) is 6.10. The van der Waals surface area contributed by atoms with E-state index in [0.29, 0.717) is 5.69 Å². The van der Waals surface area contributed by atoms with Crippen LogP contribution >= 0.6 is 0 Å². The summed E-state index contributed by atoms with van der Waals surface area (Å²) in [5.41, 5.74) is 5.53. The number of nitrogens with one attached hydrogen (secondary N) is 1. The van der Waals surface area contributed by atoms with E-state index in [1.807, 2.05) is 0 Å². The molecule has 1 aromatic heterocycles. The topological polar surface area (TPSA) is 54.7 Å². The third-order valence-corrected chi connectivity index (χ3v) is 1.37.